The van der Waals surface area contributed by atoms with Gasteiger partial charge in [0.05, 0.1) is 0 Å². The van der Waals surface area contributed by atoms with Gasteiger partial charge in [0, 0.05) is 13.1 Å². The van der Waals surface area contributed by atoms with Gasteiger partial charge in [0.1, 0.15) is 5.60 Å². The summed E-state index contributed by atoms with van der Waals surface area (Å²) in [4.78, 5) is 13.8. The summed E-state index contributed by atoms with van der Waals surface area (Å²) < 4.78 is 5.40. The van der Waals surface area contributed by atoms with Crippen LogP contribution in [0.1, 0.15) is 74.4 Å². The van der Waals surface area contributed by atoms with E-state index in [2.05, 4.69) is 50.2 Å². The predicted molar refractivity (Wildman–Crippen MR) is 126 cm³/mol. The number of hydrogen-bond donors (Lipinski definition) is 0. The van der Waals surface area contributed by atoms with Crippen LogP contribution in [0.5, 0.6) is 0 Å². The smallest absolute Gasteiger partial charge is 0.410 e. The SMILES string of the molecule is CC.Cc1ccc2c(c1)CCC2.Cc1ccc2c(c1)CCN(C(=O)OC(C)(C)C)C2. The van der Waals surface area contributed by atoms with Gasteiger partial charge in [-0.1, -0.05) is 61.4 Å². The summed E-state index contributed by atoms with van der Waals surface area (Å²) in [5, 5.41) is 0. The van der Waals surface area contributed by atoms with Crippen molar-refractivity contribution in [2.45, 2.75) is 86.3 Å². The monoisotopic (exact) mass is 409 g/mol. The average Bonchev–Trinajstić information content (AvgIpc) is 3.16. The lowest BCUT2D eigenvalue weighted by Gasteiger charge is -2.31. The van der Waals surface area contributed by atoms with Crippen LogP contribution in [-0.2, 0) is 30.5 Å². The molecule has 0 fully saturated rings. The Morgan fingerprint density at radius 2 is 1.37 bits per heavy atom. The zero-order chi connectivity index (χ0) is 22.3. The van der Waals surface area contributed by atoms with Gasteiger partial charge in [-0.25, -0.2) is 4.79 Å². The standard InChI is InChI=1S/C15H21NO2.C10H12.C2H6/c1-11-5-6-13-10-16(8-7-12(13)9-11)14(17)18-15(2,3)4;1-8-5-6-9-3-2-4-10(9)7-8;1-2/h5-6,9H,7-8,10H2,1-4H3;5-7H,2-4H2,1H3;1-2H3. The highest BCUT2D eigenvalue weighted by Crippen LogP contribution is 2.23. The maximum Gasteiger partial charge on any atom is 0.410 e. The second-order valence-corrected chi connectivity index (χ2v) is 9.05. The van der Waals surface area contributed by atoms with E-state index in [1.165, 1.54) is 41.5 Å². The van der Waals surface area contributed by atoms with Crippen LogP contribution in [0.3, 0.4) is 0 Å². The van der Waals surface area contributed by atoms with E-state index in [0.29, 0.717) is 6.54 Å². The number of carbonyl (C=O) groups excluding carboxylic acids is 1. The zero-order valence-electron chi connectivity index (χ0n) is 20.0. The van der Waals surface area contributed by atoms with Gasteiger partial charge in [-0.15, -0.1) is 0 Å². The number of fused-ring (bicyclic) bond motifs is 2. The Labute approximate surface area is 183 Å². The number of hydrogen-bond acceptors (Lipinski definition) is 2. The highest BCUT2D eigenvalue weighted by atomic mass is 16.6. The van der Waals surface area contributed by atoms with E-state index in [9.17, 15) is 4.79 Å². The molecule has 0 spiro atoms. The largest absolute Gasteiger partial charge is 0.444 e. The van der Waals surface area contributed by atoms with Crippen molar-refractivity contribution in [3.05, 3.63) is 69.8 Å². The van der Waals surface area contributed by atoms with Gasteiger partial charge in [-0.05, 0) is 82.6 Å². The molecule has 0 N–H and O–H groups in total. The molecule has 2 aromatic carbocycles. The molecule has 0 bridgehead atoms. The lowest BCUT2D eigenvalue weighted by Crippen LogP contribution is -2.39. The summed E-state index contributed by atoms with van der Waals surface area (Å²) in [7, 11) is 0. The molecule has 0 radical (unpaired) electrons. The summed E-state index contributed by atoms with van der Waals surface area (Å²) in [5.41, 5.74) is 8.00. The van der Waals surface area contributed by atoms with Crippen molar-refractivity contribution >= 4 is 6.09 Å². The van der Waals surface area contributed by atoms with Crippen LogP contribution in [0.25, 0.3) is 0 Å². The molecular weight excluding hydrogens is 370 g/mol. The fourth-order valence-electron chi connectivity index (χ4n) is 3.86. The maximum atomic E-state index is 12.0. The molecule has 1 heterocycles. The van der Waals surface area contributed by atoms with Crippen LogP contribution >= 0.6 is 0 Å². The molecular formula is C27H39NO2. The minimum atomic E-state index is -0.426. The van der Waals surface area contributed by atoms with Gasteiger partial charge in [0.25, 0.3) is 0 Å². The number of benzene rings is 2. The summed E-state index contributed by atoms with van der Waals surface area (Å²) in [6, 6.07) is 13.2. The lowest BCUT2D eigenvalue weighted by molar-refractivity contribution is 0.0224. The highest BCUT2D eigenvalue weighted by molar-refractivity contribution is 5.68. The van der Waals surface area contributed by atoms with Crippen molar-refractivity contribution < 1.29 is 9.53 Å². The Hall–Kier alpha value is -2.29. The third kappa shape index (κ3) is 6.90. The van der Waals surface area contributed by atoms with Crippen molar-refractivity contribution in [1.82, 2.24) is 4.90 Å². The summed E-state index contributed by atoms with van der Waals surface area (Å²) in [6.45, 7) is 15.3. The fourth-order valence-corrected chi connectivity index (χ4v) is 3.86. The minimum Gasteiger partial charge on any atom is -0.444 e. The molecule has 0 saturated heterocycles. The summed E-state index contributed by atoms with van der Waals surface area (Å²) >= 11 is 0. The Balaban J connectivity index is 0.000000224. The molecule has 1 amide bonds. The Morgan fingerprint density at radius 1 is 0.833 bits per heavy atom. The Morgan fingerprint density at radius 3 is 1.97 bits per heavy atom. The molecule has 0 atom stereocenters. The first kappa shape index (κ1) is 24.0. The first-order valence-corrected chi connectivity index (χ1v) is 11.4. The molecule has 0 aromatic heterocycles. The quantitative estimate of drug-likeness (QED) is 0.479. The van der Waals surface area contributed by atoms with Gasteiger partial charge in [0.15, 0.2) is 0 Å². The molecule has 4 rings (SSSR count). The van der Waals surface area contributed by atoms with Crippen molar-refractivity contribution in [3.8, 4) is 0 Å². The fraction of sp³-hybridized carbons (Fsp3) is 0.519. The van der Waals surface area contributed by atoms with E-state index in [-0.39, 0.29) is 6.09 Å². The molecule has 2 aromatic rings. The number of amides is 1. The molecule has 3 nitrogen and oxygen atoms in total. The van der Waals surface area contributed by atoms with Crippen LogP contribution in [0, 0.1) is 13.8 Å². The van der Waals surface area contributed by atoms with Crippen molar-refractivity contribution in [3.63, 3.8) is 0 Å². The third-order valence-electron chi connectivity index (χ3n) is 5.28. The van der Waals surface area contributed by atoms with E-state index < -0.39 is 5.60 Å². The molecule has 0 saturated carbocycles. The van der Waals surface area contributed by atoms with Crippen LogP contribution < -0.4 is 0 Å². The van der Waals surface area contributed by atoms with Gasteiger partial charge >= 0.3 is 6.09 Å². The third-order valence-corrected chi connectivity index (χ3v) is 5.28. The Kier molecular flexibility index (Phi) is 8.52. The lowest BCUT2D eigenvalue weighted by atomic mass is 9.98. The van der Waals surface area contributed by atoms with E-state index >= 15 is 0 Å². The maximum absolute atomic E-state index is 12.0. The van der Waals surface area contributed by atoms with Gasteiger partial charge in [-0.2, -0.15) is 0 Å². The average molecular weight is 410 g/mol. The van der Waals surface area contributed by atoms with E-state index in [4.69, 9.17) is 4.74 Å². The first-order chi connectivity index (χ1) is 14.2. The topological polar surface area (TPSA) is 29.5 Å². The molecule has 2 aliphatic rings. The van der Waals surface area contributed by atoms with Gasteiger partial charge < -0.3 is 9.64 Å². The number of rotatable bonds is 0. The first-order valence-electron chi connectivity index (χ1n) is 11.4. The van der Waals surface area contributed by atoms with Crippen molar-refractivity contribution in [1.29, 1.82) is 0 Å². The second-order valence-electron chi connectivity index (χ2n) is 9.05. The highest BCUT2D eigenvalue weighted by Gasteiger charge is 2.25. The molecule has 164 valence electrons. The minimum absolute atomic E-state index is 0.214. The van der Waals surface area contributed by atoms with Crippen LogP contribution in [-0.4, -0.2) is 23.1 Å². The number of aryl methyl sites for hydroxylation is 4. The van der Waals surface area contributed by atoms with Crippen molar-refractivity contribution in [2.75, 3.05) is 6.54 Å². The molecule has 1 aliphatic heterocycles. The van der Waals surface area contributed by atoms with Crippen molar-refractivity contribution in [2.24, 2.45) is 0 Å². The normalized spacial score (nSPS) is 14.4. The van der Waals surface area contributed by atoms with Crippen LogP contribution in [0.2, 0.25) is 0 Å². The molecule has 3 heteroatoms. The number of ether oxygens (including phenoxy) is 1. The number of carbonyl (C=O) groups is 1. The van der Waals surface area contributed by atoms with Crippen LogP contribution in [0.15, 0.2) is 36.4 Å². The molecule has 0 unspecified atom stereocenters. The number of nitrogens with zero attached hydrogens (tertiary/aromatic N) is 1. The summed E-state index contributed by atoms with van der Waals surface area (Å²) in [6.07, 6.45) is 4.66. The molecule has 30 heavy (non-hydrogen) atoms. The van der Waals surface area contributed by atoms with Gasteiger partial charge in [-0.3, -0.25) is 0 Å². The summed E-state index contributed by atoms with van der Waals surface area (Å²) in [5.74, 6) is 0. The molecule has 1 aliphatic carbocycles. The van der Waals surface area contributed by atoms with E-state index in [1.54, 1.807) is 16.0 Å². The van der Waals surface area contributed by atoms with Crippen LogP contribution in [0.4, 0.5) is 4.79 Å². The zero-order valence-corrected chi connectivity index (χ0v) is 20.0. The van der Waals surface area contributed by atoms with E-state index in [0.717, 1.165) is 13.0 Å². The van der Waals surface area contributed by atoms with Gasteiger partial charge in [0.2, 0.25) is 0 Å². The Bertz CT molecular complexity index is 848. The van der Waals surface area contributed by atoms with E-state index in [1.807, 2.05) is 34.6 Å². The predicted octanol–water partition coefficient (Wildman–Crippen LogP) is 6.80. The second kappa shape index (κ2) is 10.7.